The molecule has 0 atom stereocenters. The Bertz CT molecular complexity index is 653. The van der Waals surface area contributed by atoms with Crippen LogP contribution in [0.2, 0.25) is 0 Å². The second kappa shape index (κ2) is 5.95. The molecule has 1 amide bonds. The van der Waals surface area contributed by atoms with Gasteiger partial charge in [0.15, 0.2) is 0 Å². The van der Waals surface area contributed by atoms with Crippen molar-refractivity contribution < 1.29 is 9.90 Å². The lowest BCUT2D eigenvalue weighted by Crippen LogP contribution is -2.44. The fourth-order valence-electron chi connectivity index (χ4n) is 2.52. The molecule has 2 aromatic heterocycles. The number of aromatic nitrogens is 2. The third kappa shape index (κ3) is 2.58. The first kappa shape index (κ1) is 14.2. The Labute approximate surface area is 126 Å². The Morgan fingerprint density at radius 3 is 2.81 bits per heavy atom. The molecule has 1 aliphatic rings. The van der Waals surface area contributed by atoms with E-state index in [1.165, 1.54) is 11.3 Å². The average molecular weight is 306 g/mol. The van der Waals surface area contributed by atoms with E-state index < -0.39 is 0 Å². The van der Waals surface area contributed by atoms with Crippen molar-refractivity contribution in [1.29, 1.82) is 0 Å². The van der Waals surface area contributed by atoms with Crippen molar-refractivity contribution in [1.82, 2.24) is 14.9 Å². The van der Waals surface area contributed by atoms with Crippen molar-refractivity contribution in [2.24, 2.45) is 0 Å². The summed E-state index contributed by atoms with van der Waals surface area (Å²) < 4.78 is 0. The monoisotopic (exact) mass is 306 g/mol. The number of aliphatic hydroxyl groups excluding tert-OH is 1. The van der Waals surface area contributed by atoms with Crippen LogP contribution in [0.5, 0.6) is 0 Å². The van der Waals surface area contributed by atoms with Gasteiger partial charge in [-0.05, 0) is 25.7 Å². The third-order valence-corrected chi connectivity index (χ3v) is 4.98. The quantitative estimate of drug-likeness (QED) is 0.876. The molecule has 0 spiro atoms. The molecule has 112 valence electrons. The molecule has 0 aromatic carbocycles. The van der Waals surface area contributed by atoms with Crippen LogP contribution < -0.4 is 5.73 Å². The molecule has 2 aromatic rings. The van der Waals surface area contributed by atoms with E-state index in [-0.39, 0.29) is 18.6 Å². The molecule has 3 N–H and O–H groups in total. The standard InChI is InChI=1S/C14H18N4O2S/c15-10-11-13(17-6-5-16-11)21-12(10)14(20)18(7-2-8-19)9-3-1-4-9/h5-6,9,19H,1-4,7-8,15H2. The number of rotatable bonds is 5. The van der Waals surface area contributed by atoms with Gasteiger partial charge in [0.25, 0.3) is 5.91 Å². The Hall–Kier alpha value is -1.73. The highest BCUT2D eigenvalue weighted by molar-refractivity contribution is 7.21. The maximum atomic E-state index is 12.8. The van der Waals surface area contributed by atoms with Gasteiger partial charge in [-0.25, -0.2) is 9.97 Å². The number of nitrogen functional groups attached to an aromatic ring is 1. The van der Waals surface area contributed by atoms with Gasteiger partial charge < -0.3 is 15.7 Å². The summed E-state index contributed by atoms with van der Waals surface area (Å²) in [7, 11) is 0. The van der Waals surface area contributed by atoms with Gasteiger partial charge in [-0.3, -0.25) is 4.79 Å². The van der Waals surface area contributed by atoms with Gasteiger partial charge in [0.1, 0.15) is 15.2 Å². The highest BCUT2D eigenvalue weighted by Gasteiger charge is 2.31. The lowest BCUT2D eigenvalue weighted by atomic mass is 9.91. The van der Waals surface area contributed by atoms with E-state index in [1.807, 2.05) is 4.90 Å². The Balaban J connectivity index is 1.91. The molecule has 3 rings (SSSR count). The summed E-state index contributed by atoms with van der Waals surface area (Å²) in [5, 5.41) is 9.03. The molecule has 0 aliphatic heterocycles. The topological polar surface area (TPSA) is 92.3 Å². The van der Waals surface area contributed by atoms with Crippen LogP contribution in [-0.4, -0.2) is 45.1 Å². The van der Waals surface area contributed by atoms with Crippen LogP contribution >= 0.6 is 11.3 Å². The van der Waals surface area contributed by atoms with E-state index in [4.69, 9.17) is 10.8 Å². The van der Waals surface area contributed by atoms with Gasteiger partial charge in [0, 0.05) is 31.6 Å². The van der Waals surface area contributed by atoms with Crippen LogP contribution in [0.25, 0.3) is 10.3 Å². The molecule has 7 heteroatoms. The lowest BCUT2D eigenvalue weighted by molar-refractivity contribution is 0.0568. The van der Waals surface area contributed by atoms with Crippen molar-refractivity contribution in [2.75, 3.05) is 18.9 Å². The van der Waals surface area contributed by atoms with Gasteiger partial charge in [-0.1, -0.05) is 0 Å². The van der Waals surface area contributed by atoms with Crippen LogP contribution in [-0.2, 0) is 0 Å². The maximum absolute atomic E-state index is 12.8. The summed E-state index contributed by atoms with van der Waals surface area (Å²) in [5.74, 6) is -0.0598. The highest BCUT2D eigenvalue weighted by Crippen LogP contribution is 2.34. The summed E-state index contributed by atoms with van der Waals surface area (Å²) in [6, 6.07) is 0.273. The molecule has 0 radical (unpaired) electrons. The van der Waals surface area contributed by atoms with Crippen LogP contribution in [0, 0.1) is 0 Å². The number of thiophene rings is 1. The number of fused-ring (bicyclic) bond motifs is 1. The van der Waals surface area contributed by atoms with Crippen molar-refractivity contribution in [3.05, 3.63) is 17.3 Å². The Morgan fingerprint density at radius 2 is 2.19 bits per heavy atom. The fraction of sp³-hybridized carbons (Fsp3) is 0.500. The van der Waals surface area contributed by atoms with Crippen molar-refractivity contribution in [2.45, 2.75) is 31.7 Å². The van der Waals surface area contributed by atoms with Crippen molar-refractivity contribution in [3.8, 4) is 0 Å². The zero-order valence-electron chi connectivity index (χ0n) is 11.7. The number of nitrogens with two attached hydrogens (primary N) is 1. The van der Waals surface area contributed by atoms with Crippen LogP contribution in [0.4, 0.5) is 5.69 Å². The number of hydrogen-bond acceptors (Lipinski definition) is 6. The van der Waals surface area contributed by atoms with Gasteiger partial charge in [0.05, 0.1) is 5.69 Å². The number of nitrogens with zero attached hydrogens (tertiary/aromatic N) is 3. The highest BCUT2D eigenvalue weighted by atomic mass is 32.1. The molecule has 1 fully saturated rings. The lowest BCUT2D eigenvalue weighted by Gasteiger charge is -2.37. The molecule has 6 nitrogen and oxygen atoms in total. The van der Waals surface area contributed by atoms with E-state index in [2.05, 4.69) is 9.97 Å². The second-order valence-corrected chi connectivity index (χ2v) is 6.21. The normalized spacial score (nSPS) is 15.1. The number of amides is 1. The minimum absolute atomic E-state index is 0.0598. The summed E-state index contributed by atoms with van der Waals surface area (Å²) in [5.41, 5.74) is 7.09. The first-order valence-electron chi connectivity index (χ1n) is 7.13. The first-order valence-corrected chi connectivity index (χ1v) is 7.95. The van der Waals surface area contributed by atoms with E-state index >= 15 is 0 Å². The van der Waals surface area contributed by atoms with Crippen molar-refractivity contribution in [3.63, 3.8) is 0 Å². The summed E-state index contributed by atoms with van der Waals surface area (Å²) in [4.78, 5) is 24.3. The molecule has 0 bridgehead atoms. The summed E-state index contributed by atoms with van der Waals surface area (Å²) >= 11 is 1.29. The SMILES string of the molecule is Nc1c(C(=O)N(CCCO)C2CCC2)sc2nccnc12. The molecular weight excluding hydrogens is 288 g/mol. The van der Waals surface area contributed by atoms with Gasteiger partial charge in [-0.2, -0.15) is 0 Å². The van der Waals surface area contributed by atoms with Gasteiger partial charge in [-0.15, -0.1) is 11.3 Å². The van der Waals surface area contributed by atoms with E-state index in [0.29, 0.717) is 33.9 Å². The fourth-order valence-corrected chi connectivity index (χ4v) is 3.50. The minimum Gasteiger partial charge on any atom is -0.396 e. The number of carbonyl (C=O) groups is 1. The van der Waals surface area contributed by atoms with Crippen LogP contribution in [0.15, 0.2) is 12.4 Å². The third-order valence-electron chi connectivity index (χ3n) is 3.89. The van der Waals surface area contributed by atoms with E-state index in [1.54, 1.807) is 12.4 Å². The molecule has 0 saturated heterocycles. The van der Waals surface area contributed by atoms with Gasteiger partial charge in [0.2, 0.25) is 0 Å². The largest absolute Gasteiger partial charge is 0.396 e. The molecule has 0 unspecified atom stereocenters. The number of anilines is 1. The molecule has 1 aliphatic carbocycles. The smallest absolute Gasteiger partial charge is 0.266 e. The van der Waals surface area contributed by atoms with Crippen LogP contribution in [0.1, 0.15) is 35.4 Å². The molecular formula is C14H18N4O2S. The maximum Gasteiger partial charge on any atom is 0.266 e. The zero-order valence-corrected chi connectivity index (χ0v) is 12.5. The number of hydrogen-bond donors (Lipinski definition) is 2. The van der Waals surface area contributed by atoms with Crippen molar-refractivity contribution >= 4 is 33.3 Å². The number of carbonyl (C=O) groups excluding carboxylic acids is 1. The summed E-state index contributed by atoms with van der Waals surface area (Å²) in [6.45, 7) is 0.649. The zero-order chi connectivity index (χ0) is 14.8. The Kier molecular flexibility index (Phi) is 4.03. The Morgan fingerprint density at radius 1 is 1.43 bits per heavy atom. The van der Waals surface area contributed by atoms with E-state index in [9.17, 15) is 4.79 Å². The van der Waals surface area contributed by atoms with Crippen LogP contribution in [0.3, 0.4) is 0 Å². The predicted molar refractivity (Wildman–Crippen MR) is 82.2 cm³/mol. The molecule has 1 saturated carbocycles. The number of aliphatic hydroxyl groups is 1. The van der Waals surface area contributed by atoms with Gasteiger partial charge >= 0.3 is 0 Å². The average Bonchev–Trinajstić information content (AvgIpc) is 2.78. The predicted octanol–water partition coefficient (Wildman–Crippen LogP) is 1.65. The first-order chi connectivity index (χ1) is 10.2. The molecule has 21 heavy (non-hydrogen) atoms. The summed E-state index contributed by atoms with van der Waals surface area (Å²) in [6.07, 6.45) is 6.97. The minimum atomic E-state index is -0.0598. The molecule has 2 heterocycles. The van der Waals surface area contributed by atoms with E-state index in [0.717, 1.165) is 19.3 Å². The second-order valence-electron chi connectivity index (χ2n) is 5.22.